The van der Waals surface area contributed by atoms with Gasteiger partial charge in [0, 0.05) is 38.3 Å². The van der Waals surface area contributed by atoms with Crippen molar-refractivity contribution in [2.24, 2.45) is 4.99 Å². The van der Waals surface area contributed by atoms with Crippen LogP contribution in [0.4, 0.5) is 0 Å². The molecule has 9 heteroatoms. The van der Waals surface area contributed by atoms with Crippen LogP contribution in [-0.2, 0) is 19.4 Å². The highest BCUT2D eigenvalue weighted by Gasteiger charge is 2.09. The minimum absolute atomic E-state index is 0. The van der Waals surface area contributed by atoms with E-state index in [-0.39, 0.29) is 24.0 Å². The Morgan fingerprint density at radius 3 is 2.73 bits per heavy atom. The molecule has 160 valence electrons. The first-order valence-electron chi connectivity index (χ1n) is 9.64. The van der Waals surface area contributed by atoms with E-state index in [1.54, 1.807) is 19.3 Å². The first-order chi connectivity index (χ1) is 14.2. The van der Waals surface area contributed by atoms with Crippen LogP contribution < -0.4 is 10.6 Å². The summed E-state index contributed by atoms with van der Waals surface area (Å²) in [5, 5.41) is 11.1. The maximum absolute atomic E-state index is 5.81. The van der Waals surface area contributed by atoms with E-state index < -0.39 is 0 Å². The molecule has 0 saturated carbocycles. The summed E-state index contributed by atoms with van der Waals surface area (Å²) in [5.41, 5.74) is 3.13. The quantitative estimate of drug-likeness (QED) is 0.192. The number of halogens is 2. The SMILES string of the molecule is CCCc1noc(-c2cccc(CNC(=NC)NCCc3ccc(Cl)nc3)c2)n1.I. The lowest BCUT2D eigenvalue weighted by Crippen LogP contribution is -2.37. The van der Waals surface area contributed by atoms with Gasteiger partial charge < -0.3 is 15.2 Å². The fourth-order valence-corrected chi connectivity index (χ4v) is 2.91. The van der Waals surface area contributed by atoms with Gasteiger partial charge in [-0.3, -0.25) is 4.99 Å². The lowest BCUT2D eigenvalue weighted by molar-refractivity contribution is 0.422. The lowest BCUT2D eigenvalue weighted by atomic mass is 10.1. The van der Waals surface area contributed by atoms with E-state index in [9.17, 15) is 0 Å². The number of aliphatic imine (C=N–C) groups is 1. The molecule has 0 aliphatic rings. The molecule has 0 unspecified atom stereocenters. The fraction of sp³-hybridized carbons (Fsp3) is 0.333. The average molecular weight is 541 g/mol. The molecule has 0 aliphatic carbocycles. The van der Waals surface area contributed by atoms with Crippen LogP contribution in [0, 0.1) is 0 Å². The predicted octanol–water partition coefficient (Wildman–Crippen LogP) is 4.26. The van der Waals surface area contributed by atoms with Crippen LogP contribution in [0.2, 0.25) is 5.15 Å². The van der Waals surface area contributed by atoms with Crippen molar-refractivity contribution >= 4 is 41.5 Å². The van der Waals surface area contributed by atoms with E-state index >= 15 is 0 Å². The molecule has 0 fully saturated rings. The third-order valence-electron chi connectivity index (χ3n) is 4.29. The first kappa shape index (κ1) is 24.1. The van der Waals surface area contributed by atoms with Gasteiger partial charge in [-0.15, -0.1) is 24.0 Å². The molecular weight excluding hydrogens is 515 g/mol. The molecule has 0 aliphatic heterocycles. The minimum atomic E-state index is 0. The van der Waals surface area contributed by atoms with Gasteiger partial charge in [0.1, 0.15) is 5.15 Å². The lowest BCUT2D eigenvalue weighted by Gasteiger charge is -2.12. The number of nitrogens with zero attached hydrogens (tertiary/aromatic N) is 4. The van der Waals surface area contributed by atoms with E-state index in [1.165, 1.54) is 0 Å². The average Bonchev–Trinajstić information content (AvgIpc) is 3.21. The Labute approximate surface area is 198 Å². The van der Waals surface area contributed by atoms with Gasteiger partial charge >= 0.3 is 0 Å². The predicted molar refractivity (Wildman–Crippen MR) is 130 cm³/mol. The maximum Gasteiger partial charge on any atom is 0.257 e. The summed E-state index contributed by atoms with van der Waals surface area (Å²) in [6, 6.07) is 11.8. The molecule has 0 bridgehead atoms. The molecule has 30 heavy (non-hydrogen) atoms. The van der Waals surface area contributed by atoms with E-state index in [1.807, 2.05) is 30.3 Å². The Bertz CT molecular complexity index is 945. The van der Waals surface area contributed by atoms with Crippen LogP contribution in [0.25, 0.3) is 11.5 Å². The number of nitrogens with one attached hydrogen (secondary N) is 2. The number of rotatable bonds is 8. The minimum Gasteiger partial charge on any atom is -0.356 e. The molecule has 3 aromatic rings. The number of aryl methyl sites for hydroxylation is 1. The van der Waals surface area contributed by atoms with Crippen LogP contribution in [0.3, 0.4) is 0 Å². The van der Waals surface area contributed by atoms with Crippen molar-refractivity contribution in [3.63, 3.8) is 0 Å². The largest absolute Gasteiger partial charge is 0.356 e. The summed E-state index contributed by atoms with van der Waals surface area (Å²) >= 11 is 5.81. The van der Waals surface area contributed by atoms with Gasteiger partial charge in [-0.2, -0.15) is 4.98 Å². The van der Waals surface area contributed by atoms with Crippen molar-refractivity contribution in [3.05, 3.63) is 64.7 Å². The molecule has 0 radical (unpaired) electrons. The second-order valence-corrected chi connectivity index (χ2v) is 6.95. The van der Waals surface area contributed by atoms with Crippen molar-refractivity contribution in [2.75, 3.05) is 13.6 Å². The highest BCUT2D eigenvalue weighted by molar-refractivity contribution is 14.0. The zero-order valence-electron chi connectivity index (χ0n) is 17.1. The molecule has 2 aromatic heterocycles. The van der Waals surface area contributed by atoms with Gasteiger partial charge in [0.15, 0.2) is 11.8 Å². The Balaban J connectivity index is 0.00000320. The number of hydrogen-bond acceptors (Lipinski definition) is 5. The van der Waals surface area contributed by atoms with Gasteiger partial charge in [-0.25, -0.2) is 4.98 Å². The van der Waals surface area contributed by atoms with Gasteiger partial charge in [-0.05, 0) is 42.2 Å². The molecule has 0 spiro atoms. The smallest absolute Gasteiger partial charge is 0.257 e. The van der Waals surface area contributed by atoms with E-state index in [0.717, 1.165) is 54.3 Å². The molecule has 0 atom stereocenters. The number of hydrogen-bond donors (Lipinski definition) is 2. The molecule has 0 saturated heterocycles. The van der Waals surface area contributed by atoms with Crippen LogP contribution in [0.1, 0.15) is 30.3 Å². The summed E-state index contributed by atoms with van der Waals surface area (Å²) in [5.74, 6) is 2.03. The van der Waals surface area contributed by atoms with Crippen molar-refractivity contribution in [2.45, 2.75) is 32.7 Å². The second kappa shape index (κ2) is 12.5. The van der Waals surface area contributed by atoms with Crippen molar-refractivity contribution in [1.29, 1.82) is 0 Å². The van der Waals surface area contributed by atoms with Crippen LogP contribution in [0.15, 0.2) is 52.1 Å². The van der Waals surface area contributed by atoms with E-state index in [4.69, 9.17) is 16.1 Å². The summed E-state index contributed by atoms with van der Waals surface area (Å²) in [6.07, 6.45) is 4.43. The van der Waals surface area contributed by atoms with E-state index in [0.29, 0.717) is 17.6 Å². The highest BCUT2D eigenvalue weighted by Crippen LogP contribution is 2.19. The zero-order valence-corrected chi connectivity index (χ0v) is 20.1. The second-order valence-electron chi connectivity index (χ2n) is 6.56. The Hall–Kier alpha value is -2.20. The van der Waals surface area contributed by atoms with Crippen LogP contribution in [0.5, 0.6) is 0 Å². The molecule has 2 N–H and O–H groups in total. The van der Waals surface area contributed by atoms with Crippen molar-refractivity contribution in [1.82, 2.24) is 25.8 Å². The molecule has 0 amide bonds. The van der Waals surface area contributed by atoms with Crippen molar-refractivity contribution in [3.8, 4) is 11.5 Å². The first-order valence-corrected chi connectivity index (χ1v) is 10.0. The molecule has 3 rings (SSSR count). The Morgan fingerprint density at radius 2 is 2.00 bits per heavy atom. The van der Waals surface area contributed by atoms with Gasteiger partial charge in [0.25, 0.3) is 5.89 Å². The molecular formula is C21H26ClIN6O. The maximum atomic E-state index is 5.81. The van der Waals surface area contributed by atoms with Crippen molar-refractivity contribution < 1.29 is 4.52 Å². The fourth-order valence-electron chi connectivity index (χ4n) is 2.80. The summed E-state index contributed by atoms with van der Waals surface area (Å²) in [6.45, 7) is 3.47. The van der Waals surface area contributed by atoms with Gasteiger partial charge in [0.05, 0.1) is 0 Å². The van der Waals surface area contributed by atoms with Gasteiger partial charge in [-0.1, -0.05) is 41.9 Å². The summed E-state index contributed by atoms with van der Waals surface area (Å²) < 4.78 is 5.38. The van der Waals surface area contributed by atoms with Crippen LogP contribution in [-0.4, -0.2) is 34.7 Å². The topological polar surface area (TPSA) is 88.2 Å². The summed E-state index contributed by atoms with van der Waals surface area (Å²) in [4.78, 5) is 12.8. The third kappa shape index (κ3) is 7.24. The van der Waals surface area contributed by atoms with Gasteiger partial charge in [0.2, 0.25) is 0 Å². The zero-order chi connectivity index (χ0) is 20.5. The van der Waals surface area contributed by atoms with Crippen LogP contribution >= 0.6 is 35.6 Å². The number of pyridine rings is 1. The third-order valence-corrected chi connectivity index (χ3v) is 4.52. The summed E-state index contributed by atoms with van der Waals surface area (Å²) in [7, 11) is 1.75. The normalized spacial score (nSPS) is 11.1. The highest BCUT2D eigenvalue weighted by atomic mass is 127. The Morgan fingerprint density at radius 1 is 1.13 bits per heavy atom. The molecule has 2 heterocycles. The molecule has 7 nitrogen and oxygen atoms in total. The number of aromatic nitrogens is 3. The number of guanidine groups is 1. The standard InChI is InChI=1S/C21H25ClN6O.HI/c1-3-5-19-27-20(29-28-19)17-7-4-6-16(12-17)14-26-21(23-2)24-11-10-15-8-9-18(22)25-13-15;/h4,6-9,12-13H,3,5,10-11,14H2,1-2H3,(H2,23,24,26);1H. The Kier molecular flexibility index (Phi) is 10.0. The number of benzene rings is 1. The molecule has 1 aromatic carbocycles. The monoisotopic (exact) mass is 540 g/mol. The van der Waals surface area contributed by atoms with E-state index in [2.05, 4.69) is 37.7 Å².